The van der Waals surface area contributed by atoms with Crippen LogP contribution in [0.5, 0.6) is 5.75 Å². The van der Waals surface area contributed by atoms with Crippen LogP contribution in [-0.4, -0.2) is 73.7 Å². The number of rotatable bonds is 10. The van der Waals surface area contributed by atoms with Gasteiger partial charge in [0.1, 0.15) is 5.75 Å². The van der Waals surface area contributed by atoms with E-state index in [-0.39, 0.29) is 0 Å². The fourth-order valence-electron chi connectivity index (χ4n) is 3.95. The molecule has 26 heavy (non-hydrogen) atoms. The van der Waals surface area contributed by atoms with Gasteiger partial charge in [0, 0.05) is 45.8 Å². The van der Waals surface area contributed by atoms with Crippen LogP contribution in [0.3, 0.4) is 0 Å². The summed E-state index contributed by atoms with van der Waals surface area (Å²) in [6.07, 6.45) is 6.45. The van der Waals surface area contributed by atoms with E-state index in [2.05, 4.69) is 45.9 Å². The van der Waals surface area contributed by atoms with Crippen LogP contribution >= 0.6 is 0 Å². The lowest BCUT2D eigenvalue weighted by Crippen LogP contribution is -2.47. The van der Waals surface area contributed by atoms with Gasteiger partial charge in [0.2, 0.25) is 0 Å². The van der Waals surface area contributed by atoms with Gasteiger partial charge in [0.05, 0.1) is 6.61 Å². The molecule has 146 valence electrons. The molecule has 4 heteroatoms. The van der Waals surface area contributed by atoms with E-state index in [1.54, 1.807) is 0 Å². The Kier molecular flexibility index (Phi) is 8.24. The molecule has 4 nitrogen and oxygen atoms in total. The Balaban J connectivity index is 1.32. The van der Waals surface area contributed by atoms with Crippen molar-refractivity contribution in [2.45, 2.75) is 45.6 Å². The summed E-state index contributed by atoms with van der Waals surface area (Å²) in [5.41, 5.74) is 1.40. The van der Waals surface area contributed by atoms with Crippen LogP contribution in [0.15, 0.2) is 24.3 Å². The van der Waals surface area contributed by atoms with Gasteiger partial charge in [-0.1, -0.05) is 31.9 Å². The highest BCUT2D eigenvalue weighted by Gasteiger charge is 2.18. The van der Waals surface area contributed by atoms with Gasteiger partial charge in [0.25, 0.3) is 0 Å². The van der Waals surface area contributed by atoms with Crippen LogP contribution in [0.25, 0.3) is 0 Å². The van der Waals surface area contributed by atoms with E-state index in [9.17, 15) is 0 Å². The van der Waals surface area contributed by atoms with Gasteiger partial charge in [-0.25, -0.2) is 0 Å². The first-order chi connectivity index (χ1) is 12.8. The summed E-state index contributed by atoms with van der Waals surface area (Å²) < 4.78 is 5.81. The van der Waals surface area contributed by atoms with Gasteiger partial charge >= 0.3 is 0 Å². The molecule has 0 unspecified atom stereocenters. The lowest BCUT2D eigenvalue weighted by atomic mass is 10.2. The number of likely N-dealkylation sites (tertiary alicyclic amines) is 1. The molecule has 0 radical (unpaired) electrons. The minimum Gasteiger partial charge on any atom is -0.494 e. The quantitative estimate of drug-likeness (QED) is 0.596. The molecule has 1 aromatic rings. The fourth-order valence-corrected chi connectivity index (χ4v) is 3.95. The lowest BCUT2D eigenvalue weighted by Gasteiger charge is -2.35. The van der Waals surface area contributed by atoms with E-state index in [1.807, 2.05) is 0 Å². The van der Waals surface area contributed by atoms with Crippen LogP contribution in [0, 0.1) is 0 Å². The van der Waals surface area contributed by atoms with Crippen LogP contribution < -0.4 is 4.74 Å². The summed E-state index contributed by atoms with van der Waals surface area (Å²) in [5.74, 6) is 1.01. The van der Waals surface area contributed by atoms with E-state index in [0.717, 1.165) is 25.3 Å². The van der Waals surface area contributed by atoms with Crippen LogP contribution in [0.4, 0.5) is 0 Å². The van der Waals surface area contributed by atoms with Crippen molar-refractivity contribution < 1.29 is 4.74 Å². The predicted octanol–water partition coefficient (Wildman–Crippen LogP) is 3.47. The molecule has 0 aromatic heterocycles. The van der Waals surface area contributed by atoms with Gasteiger partial charge in [-0.3, -0.25) is 9.80 Å². The summed E-state index contributed by atoms with van der Waals surface area (Å²) in [6, 6.07) is 8.73. The maximum atomic E-state index is 5.81. The molecular formula is C22H37N3O. The lowest BCUT2D eigenvalue weighted by molar-refractivity contribution is 0.117. The minimum atomic E-state index is 0.840. The first kappa shape index (κ1) is 19.7. The van der Waals surface area contributed by atoms with Crippen molar-refractivity contribution in [3.05, 3.63) is 29.8 Å². The SMILES string of the molecule is CCCCCOc1ccc(CN2CCN(CCN3CCCC3)CC2)cc1. The zero-order valence-corrected chi connectivity index (χ0v) is 16.7. The van der Waals surface area contributed by atoms with E-state index in [0.29, 0.717) is 0 Å². The molecule has 0 aliphatic carbocycles. The second kappa shape index (κ2) is 10.9. The van der Waals surface area contributed by atoms with Crippen molar-refractivity contribution in [1.82, 2.24) is 14.7 Å². The fraction of sp³-hybridized carbons (Fsp3) is 0.727. The minimum absolute atomic E-state index is 0.840. The second-order valence-electron chi connectivity index (χ2n) is 7.87. The van der Waals surface area contributed by atoms with Crippen molar-refractivity contribution in [2.24, 2.45) is 0 Å². The standard InChI is InChI=1S/C22H37N3O/c1-2-3-6-19-26-22-9-7-21(8-10-22)20-25-17-15-24(16-18-25)14-13-23-11-4-5-12-23/h7-10H,2-6,11-20H2,1H3. The van der Waals surface area contributed by atoms with Crippen LogP contribution in [0.1, 0.15) is 44.6 Å². The zero-order chi connectivity index (χ0) is 18.0. The van der Waals surface area contributed by atoms with Gasteiger partial charge in [-0.05, 0) is 50.0 Å². The number of hydrogen-bond donors (Lipinski definition) is 0. The first-order valence-electron chi connectivity index (χ1n) is 10.7. The molecule has 0 saturated carbocycles. The van der Waals surface area contributed by atoms with Crippen LogP contribution in [0.2, 0.25) is 0 Å². The Morgan fingerprint density at radius 3 is 2.04 bits per heavy atom. The molecule has 0 N–H and O–H groups in total. The van der Waals surface area contributed by atoms with E-state index >= 15 is 0 Å². The number of unbranched alkanes of at least 4 members (excludes halogenated alkanes) is 2. The van der Waals surface area contributed by atoms with Crippen molar-refractivity contribution in [3.8, 4) is 5.75 Å². The third kappa shape index (κ3) is 6.57. The highest BCUT2D eigenvalue weighted by Crippen LogP contribution is 2.15. The summed E-state index contributed by atoms with van der Waals surface area (Å²) >= 11 is 0. The number of piperazine rings is 1. The molecule has 2 saturated heterocycles. The van der Waals surface area contributed by atoms with Gasteiger partial charge < -0.3 is 9.64 Å². The van der Waals surface area contributed by atoms with E-state index in [1.165, 1.54) is 83.6 Å². The highest BCUT2D eigenvalue weighted by molar-refractivity contribution is 5.27. The number of hydrogen-bond acceptors (Lipinski definition) is 4. The smallest absolute Gasteiger partial charge is 0.119 e. The van der Waals surface area contributed by atoms with E-state index in [4.69, 9.17) is 4.74 Å². The average Bonchev–Trinajstić information content (AvgIpc) is 3.20. The first-order valence-corrected chi connectivity index (χ1v) is 10.7. The molecule has 1 aromatic carbocycles. The summed E-state index contributed by atoms with van der Waals surface area (Å²) in [5, 5.41) is 0. The predicted molar refractivity (Wildman–Crippen MR) is 109 cm³/mol. The van der Waals surface area contributed by atoms with Gasteiger partial charge in [0.15, 0.2) is 0 Å². The maximum absolute atomic E-state index is 5.81. The Morgan fingerprint density at radius 1 is 0.769 bits per heavy atom. The number of ether oxygens (including phenoxy) is 1. The summed E-state index contributed by atoms with van der Waals surface area (Å²) in [4.78, 5) is 7.85. The van der Waals surface area contributed by atoms with Gasteiger partial charge in [-0.2, -0.15) is 0 Å². The molecule has 2 heterocycles. The third-order valence-electron chi connectivity index (χ3n) is 5.74. The maximum Gasteiger partial charge on any atom is 0.119 e. The Hall–Kier alpha value is -1.10. The monoisotopic (exact) mass is 359 g/mol. The molecule has 2 aliphatic heterocycles. The molecule has 2 aliphatic rings. The molecule has 0 bridgehead atoms. The Bertz CT molecular complexity index is 491. The van der Waals surface area contributed by atoms with Crippen molar-refractivity contribution in [3.63, 3.8) is 0 Å². The third-order valence-corrected chi connectivity index (χ3v) is 5.74. The zero-order valence-electron chi connectivity index (χ0n) is 16.7. The largest absolute Gasteiger partial charge is 0.494 e. The summed E-state index contributed by atoms with van der Waals surface area (Å²) in [7, 11) is 0. The molecule has 0 spiro atoms. The number of benzene rings is 1. The van der Waals surface area contributed by atoms with E-state index < -0.39 is 0 Å². The van der Waals surface area contributed by atoms with Crippen molar-refractivity contribution >= 4 is 0 Å². The Labute approximate surface area is 160 Å². The molecular weight excluding hydrogens is 322 g/mol. The second-order valence-corrected chi connectivity index (χ2v) is 7.87. The molecule has 3 rings (SSSR count). The molecule has 2 fully saturated rings. The average molecular weight is 360 g/mol. The molecule has 0 amide bonds. The summed E-state index contributed by atoms with van der Waals surface area (Å²) in [6.45, 7) is 14.1. The van der Waals surface area contributed by atoms with Crippen molar-refractivity contribution in [2.75, 3.05) is 59.0 Å². The van der Waals surface area contributed by atoms with Crippen molar-refractivity contribution in [1.29, 1.82) is 0 Å². The number of nitrogens with zero attached hydrogens (tertiary/aromatic N) is 3. The van der Waals surface area contributed by atoms with Crippen LogP contribution in [-0.2, 0) is 6.54 Å². The topological polar surface area (TPSA) is 19.0 Å². The normalized spacial score (nSPS) is 19.9. The molecule has 0 atom stereocenters. The Morgan fingerprint density at radius 2 is 1.38 bits per heavy atom. The van der Waals surface area contributed by atoms with Gasteiger partial charge in [-0.15, -0.1) is 0 Å². The highest BCUT2D eigenvalue weighted by atomic mass is 16.5.